The highest BCUT2D eigenvalue weighted by Crippen LogP contribution is 2.23. The number of likely N-dealkylation sites (N-methyl/N-ethyl adjacent to an activating group) is 1. The molecule has 3 aromatic heterocycles. The summed E-state index contributed by atoms with van der Waals surface area (Å²) in [6.45, 7) is 7.02. The molecule has 0 bridgehead atoms. The number of hydrazine groups is 1. The van der Waals surface area contributed by atoms with Crippen molar-refractivity contribution in [2.75, 3.05) is 43.6 Å². The van der Waals surface area contributed by atoms with Crippen LogP contribution in [0.4, 0.5) is 11.8 Å². The maximum atomic E-state index is 12.0. The Balaban J connectivity index is 1.19. The molecule has 1 aliphatic rings. The number of hydrogen-bond donors (Lipinski definition) is 2. The molecule has 0 aliphatic carbocycles. The minimum absolute atomic E-state index is 0.170. The van der Waals surface area contributed by atoms with E-state index in [1.165, 1.54) is 16.5 Å². The van der Waals surface area contributed by atoms with Crippen LogP contribution in [0.25, 0.3) is 16.7 Å². The van der Waals surface area contributed by atoms with E-state index in [-0.39, 0.29) is 5.78 Å². The van der Waals surface area contributed by atoms with Crippen molar-refractivity contribution in [1.29, 1.82) is 0 Å². The number of nitrogens with one attached hydrogen (secondary N) is 2. The van der Waals surface area contributed by atoms with Gasteiger partial charge in [-0.2, -0.15) is 9.97 Å². The summed E-state index contributed by atoms with van der Waals surface area (Å²) in [7, 11) is 2.15. The van der Waals surface area contributed by atoms with E-state index in [0.29, 0.717) is 13.0 Å². The van der Waals surface area contributed by atoms with Crippen LogP contribution in [-0.4, -0.2) is 63.0 Å². The first-order valence-corrected chi connectivity index (χ1v) is 14.2. The van der Waals surface area contributed by atoms with E-state index < -0.39 is 0 Å². The van der Waals surface area contributed by atoms with Crippen molar-refractivity contribution < 1.29 is 4.79 Å². The van der Waals surface area contributed by atoms with Gasteiger partial charge in [-0.1, -0.05) is 49.4 Å². The van der Waals surface area contributed by atoms with E-state index >= 15 is 0 Å². The molecule has 2 N–H and O–H groups in total. The third kappa shape index (κ3) is 6.01. The molecule has 41 heavy (non-hydrogen) atoms. The van der Waals surface area contributed by atoms with Crippen molar-refractivity contribution in [3.63, 3.8) is 0 Å². The van der Waals surface area contributed by atoms with Gasteiger partial charge in [0.15, 0.2) is 5.78 Å². The lowest BCUT2D eigenvalue weighted by molar-refractivity contribution is 0.0988. The molecule has 4 heterocycles. The molecule has 5 aromatic rings. The van der Waals surface area contributed by atoms with Gasteiger partial charge in [-0.3, -0.25) is 4.79 Å². The number of Topliss-reactive ketones (excluding diaryl/α,β-unsaturated/α-hetero) is 1. The molecule has 1 aliphatic heterocycles. The summed E-state index contributed by atoms with van der Waals surface area (Å²) in [6, 6.07) is 22.4. The van der Waals surface area contributed by atoms with E-state index in [4.69, 9.17) is 9.97 Å². The number of anilines is 2. The molecule has 210 valence electrons. The average molecular weight is 549 g/mol. The average Bonchev–Trinajstić information content (AvgIpc) is 3.67. The molecule has 1 fully saturated rings. The van der Waals surface area contributed by atoms with Crippen molar-refractivity contribution in [2.45, 2.75) is 26.4 Å². The number of nitrogens with zero attached hydrogens (tertiary/aromatic N) is 6. The Morgan fingerprint density at radius 3 is 2.44 bits per heavy atom. The van der Waals surface area contributed by atoms with E-state index in [1.807, 2.05) is 66.3 Å². The van der Waals surface area contributed by atoms with Gasteiger partial charge in [-0.05, 0) is 36.4 Å². The van der Waals surface area contributed by atoms with Crippen LogP contribution in [0.2, 0.25) is 0 Å². The van der Waals surface area contributed by atoms with E-state index in [9.17, 15) is 4.79 Å². The fraction of sp³-hybridized carbons (Fsp3) is 0.281. The second-order valence-corrected chi connectivity index (χ2v) is 10.5. The normalized spacial score (nSPS) is 14.0. The van der Waals surface area contributed by atoms with Crippen molar-refractivity contribution in [2.24, 2.45) is 0 Å². The molecule has 9 nitrogen and oxygen atoms in total. The van der Waals surface area contributed by atoms with Gasteiger partial charge in [0, 0.05) is 86.8 Å². The highest BCUT2D eigenvalue weighted by Gasteiger charge is 2.18. The molecule has 9 heteroatoms. The molecule has 0 saturated carbocycles. The molecule has 0 amide bonds. The van der Waals surface area contributed by atoms with Crippen LogP contribution in [0, 0.1) is 0 Å². The number of benzene rings is 2. The number of para-hydroxylation sites is 1. The zero-order valence-corrected chi connectivity index (χ0v) is 23.6. The number of piperazine rings is 1. The van der Waals surface area contributed by atoms with E-state index in [2.05, 4.69) is 62.7 Å². The zero-order chi connectivity index (χ0) is 28.2. The van der Waals surface area contributed by atoms with Crippen molar-refractivity contribution >= 4 is 28.5 Å². The number of carbonyl (C=O) groups is 1. The summed E-state index contributed by atoms with van der Waals surface area (Å²) in [5.41, 5.74) is 11.0. The van der Waals surface area contributed by atoms with Gasteiger partial charge >= 0.3 is 0 Å². The van der Waals surface area contributed by atoms with Gasteiger partial charge in [0.2, 0.25) is 5.95 Å². The first-order valence-electron chi connectivity index (χ1n) is 14.2. The highest BCUT2D eigenvalue weighted by atomic mass is 16.1. The molecule has 0 radical (unpaired) electrons. The SMILES string of the molecule is CCC(=O)c1ccc(Cn2cc(CNNc3cc(-n4cccc4)nc(N4CCN(C)CC4)n3)c3ccccc32)cc1. The largest absolute Gasteiger partial charge is 0.343 e. The fourth-order valence-corrected chi connectivity index (χ4v) is 5.27. The first kappa shape index (κ1) is 26.7. The third-order valence-electron chi connectivity index (χ3n) is 7.67. The van der Waals surface area contributed by atoms with Gasteiger partial charge in [0.05, 0.1) is 0 Å². The Morgan fingerprint density at radius 2 is 1.68 bits per heavy atom. The van der Waals surface area contributed by atoms with Gasteiger partial charge < -0.3 is 24.4 Å². The Morgan fingerprint density at radius 1 is 0.927 bits per heavy atom. The lowest BCUT2D eigenvalue weighted by Gasteiger charge is -2.32. The second kappa shape index (κ2) is 12.0. The van der Waals surface area contributed by atoms with Gasteiger partial charge in [0.25, 0.3) is 0 Å². The van der Waals surface area contributed by atoms with Gasteiger partial charge in [-0.15, -0.1) is 0 Å². The quantitative estimate of drug-likeness (QED) is 0.193. The summed E-state index contributed by atoms with van der Waals surface area (Å²) < 4.78 is 4.27. The van der Waals surface area contributed by atoms with Crippen LogP contribution < -0.4 is 15.8 Å². The predicted octanol–water partition coefficient (Wildman–Crippen LogP) is 4.73. The zero-order valence-electron chi connectivity index (χ0n) is 23.6. The van der Waals surface area contributed by atoms with Crippen LogP contribution in [-0.2, 0) is 13.1 Å². The number of carbonyl (C=O) groups excluding carboxylic acids is 1. The van der Waals surface area contributed by atoms with Crippen LogP contribution >= 0.6 is 0 Å². The third-order valence-corrected chi connectivity index (χ3v) is 7.67. The Hall–Kier alpha value is -4.47. The number of ketones is 1. The Bertz CT molecular complexity index is 1620. The molecule has 0 spiro atoms. The van der Waals surface area contributed by atoms with Gasteiger partial charge in [0.1, 0.15) is 11.6 Å². The standard InChI is InChI=1S/C32H36N8O/c1-3-29(41)25-12-10-24(11-13-25)22-40-23-26(27-8-4-5-9-28(27)40)21-33-36-30-20-31(38-14-6-7-15-38)35-32(34-30)39-18-16-37(2)17-19-39/h4-15,20,23,33H,3,16-19,21-22H2,1-2H3,(H,34,35,36). The smallest absolute Gasteiger partial charge is 0.229 e. The molecule has 1 saturated heterocycles. The molecule has 6 rings (SSSR count). The molecular formula is C32H36N8O. The van der Waals surface area contributed by atoms with Crippen molar-refractivity contribution in [1.82, 2.24) is 29.4 Å². The number of aromatic nitrogens is 4. The topological polar surface area (TPSA) is 83.2 Å². The number of rotatable bonds is 10. The minimum Gasteiger partial charge on any atom is -0.343 e. The van der Waals surface area contributed by atoms with Gasteiger partial charge in [-0.25, -0.2) is 5.43 Å². The summed E-state index contributed by atoms with van der Waals surface area (Å²) in [5.74, 6) is 2.45. The summed E-state index contributed by atoms with van der Waals surface area (Å²) >= 11 is 0. The summed E-state index contributed by atoms with van der Waals surface area (Å²) in [5, 5.41) is 1.20. The number of fused-ring (bicyclic) bond motifs is 1. The fourth-order valence-electron chi connectivity index (χ4n) is 5.27. The maximum absolute atomic E-state index is 12.0. The van der Waals surface area contributed by atoms with Crippen LogP contribution in [0.5, 0.6) is 0 Å². The monoisotopic (exact) mass is 548 g/mol. The maximum Gasteiger partial charge on any atom is 0.229 e. The number of hydrogen-bond acceptors (Lipinski definition) is 7. The summed E-state index contributed by atoms with van der Waals surface area (Å²) in [6.07, 6.45) is 6.71. The predicted molar refractivity (Wildman–Crippen MR) is 164 cm³/mol. The minimum atomic E-state index is 0.170. The second-order valence-electron chi connectivity index (χ2n) is 10.5. The van der Waals surface area contributed by atoms with Crippen molar-refractivity contribution in [3.8, 4) is 5.82 Å². The highest BCUT2D eigenvalue weighted by molar-refractivity contribution is 5.95. The van der Waals surface area contributed by atoms with E-state index in [1.54, 1.807) is 0 Å². The van der Waals surface area contributed by atoms with Crippen LogP contribution in [0.3, 0.4) is 0 Å². The Kier molecular flexibility index (Phi) is 7.80. The van der Waals surface area contributed by atoms with Crippen LogP contribution in [0.15, 0.2) is 85.3 Å². The van der Waals surface area contributed by atoms with E-state index in [0.717, 1.165) is 61.4 Å². The molecular weight excluding hydrogens is 512 g/mol. The van der Waals surface area contributed by atoms with Crippen LogP contribution in [0.1, 0.15) is 34.8 Å². The molecule has 0 atom stereocenters. The Labute approximate surface area is 240 Å². The summed E-state index contributed by atoms with van der Waals surface area (Å²) in [4.78, 5) is 26.3. The molecule has 0 unspecified atom stereocenters. The lowest BCUT2D eigenvalue weighted by Crippen LogP contribution is -2.45. The molecule has 2 aromatic carbocycles. The lowest BCUT2D eigenvalue weighted by atomic mass is 10.1. The van der Waals surface area contributed by atoms with Crippen molar-refractivity contribution in [3.05, 3.63) is 102 Å². The first-order chi connectivity index (χ1) is 20.1.